The average Bonchev–Trinajstić information content (AvgIpc) is 3.40. The van der Waals surface area contributed by atoms with Crippen molar-refractivity contribution in [1.29, 1.82) is 0 Å². The third-order valence-electron chi connectivity index (χ3n) is 5.76. The van der Waals surface area contributed by atoms with Gasteiger partial charge in [0.15, 0.2) is 5.78 Å². The first-order valence-electron chi connectivity index (χ1n) is 10.6. The third kappa shape index (κ3) is 3.86. The molecule has 2 atom stereocenters. The molecule has 1 fully saturated rings. The molecular weight excluding hydrogens is 424 g/mol. The lowest BCUT2D eigenvalue weighted by Gasteiger charge is -2.30. The van der Waals surface area contributed by atoms with Crippen LogP contribution >= 0.6 is 11.8 Å². The molecule has 4 rings (SSSR count). The summed E-state index contributed by atoms with van der Waals surface area (Å²) in [5.74, 6) is -1.23. The molecule has 1 saturated heterocycles. The molecule has 2 unspecified atom stereocenters. The Kier molecular flexibility index (Phi) is 5.95. The van der Waals surface area contributed by atoms with E-state index >= 15 is 0 Å². The summed E-state index contributed by atoms with van der Waals surface area (Å²) >= 11 is 1.70. The number of aliphatic imine (C=N–C) groups is 1. The van der Waals surface area contributed by atoms with Crippen molar-refractivity contribution in [1.82, 2.24) is 0 Å². The fourth-order valence-electron chi connectivity index (χ4n) is 4.18. The van der Waals surface area contributed by atoms with Crippen LogP contribution in [0.15, 0.2) is 53.5 Å². The summed E-state index contributed by atoms with van der Waals surface area (Å²) in [6, 6.07) is 13.9. The average molecular weight is 451 g/mol. The van der Waals surface area contributed by atoms with E-state index in [4.69, 9.17) is 4.74 Å². The fourth-order valence-corrected chi connectivity index (χ4v) is 5.04. The molecule has 2 aromatic rings. The highest BCUT2D eigenvalue weighted by atomic mass is 32.2. The summed E-state index contributed by atoms with van der Waals surface area (Å²) in [5.41, 5.74) is 1.40. The lowest BCUT2D eigenvalue weighted by Crippen LogP contribution is -2.36. The van der Waals surface area contributed by atoms with Crippen LogP contribution < -0.4 is 9.64 Å². The minimum absolute atomic E-state index is 0.261. The maximum atomic E-state index is 13.4. The molecule has 166 valence electrons. The molecule has 32 heavy (non-hydrogen) atoms. The Bertz CT molecular complexity index is 1100. The number of hydrogen-bond acceptors (Lipinski definition) is 6. The molecule has 2 aliphatic rings. The summed E-state index contributed by atoms with van der Waals surface area (Å²) in [6.45, 7) is 6.10. The van der Waals surface area contributed by atoms with E-state index < -0.39 is 29.1 Å². The molecule has 2 aromatic carbocycles. The van der Waals surface area contributed by atoms with Crippen LogP contribution in [0.4, 0.5) is 5.69 Å². The second kappa shape index (κ2) is 8.54. The molecule has 0 aromatic heterocycles. The van der Waals surface area contributed by atoms with E-state index in [0.29, 0.717) is 17.0 Å². The number of Topliss-reactive ketones (excluding diaryl/α,β-unsaturated/α-hetero) is 2. The number of nitrogens with zero attached hydrogens (tertiary/aromatic N) is 2. The minimum atomic E-state index is -1.10. The van der Waals surface area contributed by atoms with Gasteiger partial charge in [0, 0.05) is 34.5 Å². The first kappa shape index (κ1) is 22.3. The molecule has 0 aliphatic carbocycles. The van der Waals surface area contributed by atoms with Crippen molar-refractivity contribution in [2.75, 3.05) is 24.3 Å². The molecule has 2 heterocycles. The number of methoxy groups -OCH3 is 1. The number of amides is 1. The number of rotatable bonds is 5. The van der Waals surface area contributed by atoms with E-state index in [-0.39, 0.29) is 5.78 Å². The monoisotopic (exact) mass is 450 g/mol. The number of benzene rings is 2. The molecule has 7 heteroatoms. The molecular formula is C25H26N2O4S. The molecule has 6 nitrogen and oxygen atoms in total. The summed E-state index contributed by atoms with van der Waals surface area (Å²) in [5, 5.41) is 0.974. The lowest BCUT2D eigenvalue weighted by molar-refractivity contribution is -0.141. The van der Waals surface area contributed by atoms with Gasteiger partial charge in [0.25, 0.3) is 5.91 Å². The van der Waals surface area contributed by atoms with Gasteiger partial charge in [-0.3, -0.25) is 24.3 Å². The molecule has 0 bridgehead atoms. The summed E-state index contributed by atoms with van der Waals surface area (Å²) in [6.07, 6.45) is 0. The highest BCUT2D eigenvalue weighted by molar-refractivity contribution is 8.14. The Labute approximate surface area is 192 Å². The van der Waals surface area contributed by atoms with E-state index in [1.165, 1.54) is 12.0 Å². The number of ether oxygens (including phenoxy) is 1. The Morgan fingerprint density at radius 1 is 1.09 bits per heavy atom. The number of para-hydroxylation sites is 1. The van der Waals surface area contributed by atoms with E-state index in [2.05, 4.69) is 4.99 Å². The van der Waals surface area contributed by atoms with Crippen LogP contribution in [0.1, 0.15) is 37.9 Å². The highest BCUT2D eigenvalue weighted by Crippen LogP contribution is 2.45. The third-order valence-corrected chi connectivity index (χ3v) is 6.79. The first-order chi connectivity index (χ1) is 15.2. The number of carbonyl (C=O) groups is 3. The number of hydrogen-bond donors (Lipinski definition) is 0. The van der Waals surface area contributed by atoms with Gasteiger partial charge in [-0.05, 0) is 18.2 Å². The van der Waals surface area contributed by atoms with Gasteiger partial charge in [-0.25, -0.2) is 0 Å². The number of ketones is 2. The van der Waals surface area contributed by atoms with Gasteiger partial charge in [0.05, 0.1) is 18.2 Å². The van der Waals surface area contributed by atoms with Gasteiger partial charge in [-0.15, -0.1) is 11.8 Å². The second-order valence-corrected chi connectivity index (χ2v) is 9.98. The predicted octanol–water partition coefficient (Wildman–Crippen LogP) is 4.08. The maximum Gasteiger partial charge on any atom is 0.295 e. The van der Waals surface area contributed by atoms with E-state index in [9.17, 15) is 14.4 Å². The van der Waals surface area contributed by atoms with Crippen LogP contribution in [0.5, 0.6) is 5.75 Å². The normalized spacial score (nSPS) is 21.1. The van der Waals surface area contributed by atoms with Crippen molar-refractivity contribution < 1.29 is 19.1 Å². The highest BCUT2D eigenvalue weighted by Gasteiger charge is 2.54. The first-order valence-corrected chi connectivity index (χ1v) is 11.5. The summed E-state index contributed by atoms with van der Waals surface area (Å²) < 4.78 is 5.53. The van der Waals surface area contributed by atoms with Gasteiger partial charge >= 0.3 is 0 Å². The Morgan fingerprint density at radius 3 is 2.38 bits per heavy atom. The minimum Gasteiger partial charge on any atom is -0.496 e. The standard InChI is InChI=1S/C25H26N2O4S/c1-25(2,3)22(29)19-20(17-7-5-6-8-18(17)31-4)27(24(30)21(19)28)16-11-9-15(10-12-16)23-26-13-14-32-23/h5-12,19-20H,13-14H2,1-4H3. The van der Waals surface area contributed by atoms with Gasteiger partial charge in [-0.2, -0.15) is 0 Å². The van der Waals surface area contributed by atoms with Crippen LogP contribution in [0.3, 0.4) is 0 Å². The molecule has 0 radical (unpaired) electrons. The Hall–Kier alpha value is -2.93. The topological polar surface area (TPSA) is 76.0 Å². The van der Waals surface area contributed by atoms with E-state index in [0.717, 1.165) is 22.9 Å². The van der Waals surface area contributed by atoms with Crippen molar-refractivity contribution in [3.63, 3.8) is 0 Å². The predicted molar refractivity (Wildman–Crippen MR) is 126 cm³/mol. The van der Waals surface area contributed by atoms with Gasteiger partial charge < -0.3 is 4.74 Å². The summed E-state index contributed by atoms with van der Waals surface area (Å²) in [7, 11) is 1.54. The van der Waals surface area contributed by atoms with Gasteiger partial charge in [0.1, 0.15) is 11.7 Å². The largest absolute Gasteiger partial charge is 0.496 e. The van der Waals surface area contributed by atoms with Crippen LogP contribution in [0.2, 0.25) is 0 Å². The van der Waals surface area contributed by atoms with Crippen molar-refractivity contribution in [2.24, 2.45) is 16.3 Å². The molecule has 0 N–H and O–H groups in total. The number of anilines is 1. The molecule has 0 saturated carbocycles. The zero-order valence-corrected chi connectivity index (χ0v) is 19.4. The molecule has 0 spiro atoms. The zero-order chi connectivity index (χ0) is 23.0. The van der Waals surface area contributed by atoms with Crippen molar-refractivity contribution in [3.05, 3.63) is 59.7 Å². The Balaban J connectivity index is 1.83. The molecule has 1 amide bonds. The fraction of sp³-hybridized carbons (Fsp3) is 0.360. The number of carbonyl (C=O) groups excluding carboxylic acids is 3. The SMILES string of the molecule is COc1ccccc1C1C(C(=O)C(C)(C)C)C(=O)C(=O)N1c1ccc(C2=NCCS2)cc1. The van der Waals surface area contributed by atoms with Gasteiger partial charge in [-0.1, -0.05) is 51.1 Å². The maximum absolute atomic E-state index is 13.4. The second-order valence-electron chi connectivity index (χ2n) is 8.90. The van der Waals surface area contributed by atoms with E-state index in [1.807, 2.05) is 42.5 Å². The zero-order valence-electron chi connectivity index (χ0n) is 18.6. The van der Waals surface area contributed by atoms with Crippen LogP contribution in [0.25, 0.3) is 0 Å². The number of thioether (sulfide) groups is 1. The lowest BCUT2D eigenvalue weighted by atomic mass is 9.77. The van der Waals surface area contributed by atoms with Crippen molar-refractivity contribution in [3.8, 4) is 5.75 Å². The van der Waals surface area contributed by atoms with Crippen molar-refractivity contribution >= 4 is 40.0 Å². The Morgan fingerprint density at radius 2 is 1.78 bits per heavy atom. The quantitative estimate of drug-likeness (QED) is 0.507. The van der Waals surface area contributed by atoms with Crippen LogP contribution in [-0.2, 0) is 14.4 Å². The molecule has 2 aliphatic heterocycles. The smallest absolute Gasteiger partial charge is 0.295 e. The summed E-state index contributed by atoms with van der Waals surface area (Å²) in [4.78, 5) is 45.7. The van der Waals surface area contributed by atoms with Crippen LogP contribution in [-0.4, -0.2) is 41.9 Å². The van der Waals surface area contributed by atoms with Gasteiger partial charge in [0.2, 0.25) is 5.78 Å². The van der Waals surface area contributed by atoms with Crippen LogP contribution in [0, 0.1) is 11.3 Å². The van der Waals surface area contributed by atoms with Crippen molar-refractivity contribution in [2.45, 2.75) is 26.8 Å². The van der Waals surface area contributed by atoms with E-state index in [1.54, 1.807) is 38.6 Å².